The molecule has 3 aliphatic heterocycles. The van der Waals surface area contributed by atoms with Crippen LogP contribution in [0.3, 0.4) is 0 Å². The maximum atomic E-state index is 15.3. The van der Waals surface area contributed by atoms with Gasteiger partial charge in [-0.2, -0.15) is 0 Å². The van der Waals surface area contributed by atoms with Crippen LogP contribution in [0, 0.1) is 11.7 Å². The number of halogens is 2. The van der Waals surface area contributed by atoms with Crippen molar-refractivity contribution in [2.75, 3.05) is 38.7 Å². The van der Waals surface area contributed by atoms with Crippen LogP contribution >= 0.6 is 0 Å². The van der Waals surface area contributed by atoms with Gasteiger partial charge in [0.15, 0.2) is 0 Å². The third-order valence-corrected chi connectivity index (χ3v) is 8.48. The molecule has 3 aliphatic rings. The summed E-state index contributed by atoms with van der Waals surface area (Å²) in [6.45, 7) is 2.23. The molecule has 218 valence electrons. The van der Waals surface area contributed by atoms with E-state index in [1.807, 2.05) is 6.07 Å². The number of aliphatic carboxylic acids is 1. The third kappa shape index (κ3) is 6.54. The average molecular weight is 559 g/mol. The number of nitrogens with one attached hydrogen (secondary N) is 1. The van der Waals surface area contributed by atoms with Gasteiger partial charge < -0.3 is 19.9 Å². The molecule has 5 heterocycles. The van der Waals surface area contributed by atoms with Crippen LogP contribution in [0.2, 0.25) is 0 Å². The number of fused-ring (bicyclic) bond motifs is 1. The van der Waals surface area contributed by atoms with Crippen LogP contribution < -0.4 is 10.1 Å². The number of alkyl halides is 1. The van der Waals surface area contributed by atoms with Gasteiger partial charge in [-0.05, 0) is 70.4 Å². The highest BCUT2D eigenvalue weighted by atomic mass is 19.1. The monoisotopic (exact) mass is 558 g/mol. The number of carbonyl (C=O) groups is 1. The average Bonchev–Trinajstić information content (AvgIpc) is 3.45. The number of carboxylic acid groups (broad SMARTS) is 1. The second kappa shape index (κ2) is 13.2. The molecule has 4 atom stereocenters. The molecule has 0 bridgehead atoms. The summed E-state index contributed by atoms with van der Waals surface area (Å²) in [4.78, 5) is 23.2. The number of rotatable bonds is 11. The highest BCUT2D eigenvalue weighted by Crippen LogP contribution is 2.37. The van der Waals surface area contributed by atoms with Gasteiger partial charge in [-0.15, -0.1) is 0 Å². The lowest BCUT2D eigenvalue weighted by atomic mass is 9.96. The van der Waals surface area contributed by atoms with Gasteiger partial charge >= 0.3 is 5.97 Å². The van der Waals surface area contributed by atoms with E-state index >= 15 is 4.39 Å². The first-order valence-corrected chi connectivity index (χ1v) is 14.6. The Bertz CT molecular complexity index is 1160. The molecule has 2 fully saturated rings. The number of pyridine rings is 2. The third-order valence-electron chi connectivity index (χ3n) is 8.48. The molecule has 0 spiro atoms. The predicted molar refractivity (Wildman–Crippen MR) is 147 cm³/mol. The molecule has 2 saturated heterocycles. The molecule has 1 unspecified atom stereocenters. The molecule has 5 rings (SSSR count). The maximum absolute atomic E-state index is 15.3. The van der Waals surface area contributed by atoms with Crippen molar-refractivity contribution in [1.29, 1.82) is 0 Å². The summed E-state index contributed by atoms with van der Waals surface area (Å²) in [5.74, 6) is -0.162. The molecular weight excluding hydrogens is 518 g/mol. The van der Waals surface area contributed by atoms with E-state index in [0.717, 1.165) is 80.5 Å². The van der Waals surface area contributed by atoms with Gasteiger partial charge in [0.25, 0.3) is 0 Å². The summed E-state index contributed by atoms with van der Waals surface area (Å²) in [5.41, 5.74) is 2.87. The van der Waals surface area contributed by atoms with Crippen LogP contribution in [-0.4, -0.2) is 65.5 Å². The zero-order chi connectivity index (χ0) is 28.1. The lowest BCUT2D eigenvalue weighted by Gasteiger charge is -2.30. The number of carboxylic acids is 1. The Morgan fingerprint density at radius 3 is 2.92 bits per heavy atom. The van der Waals surface area contributed by atoms with Crippen molar-refractivity contribution < 1.29 is 28.2 Å². The Labute approximate surface area is 234 Å². The molecule has 2 N–H and O–H groups in total. The van der Waals surface area contributed by atoms with E-state index in [1.165, 1.54) is 6.07 Å². The summed E-state index contributed by atoms with van der Waals surface area (Å²) in [6.07, 6.45) is 7.61. The van der Waals surface area contributed by atoms with Gasteiger partial charge in [0, 0.05) is 48.5 Å². The fraction of sp³-hybridized carbons (Fsp3) is 0.633. The molecule has 0 aliphatic carbocycles. The maximum Gasteiger partial charge on any atom is 0.325 e. The predicted octanol–water partition coefficient (Wildman–Crippen LogP) is 5.42. The SMILES string of the molecule is COc1cc(CCCC[C@@H](F)C2CCN([C@H](C(=O)O)c3cc(F)cnc3[C@@H]3CCCCO3)C2)nc2c1CCCN2. The summed E-state index contributed by atoms with van der Waals surface area (Å²) < 4.78 is 41.0. The van der Waals surface area contributed by atoms with Crippen molar-refractivity contribution in [1.82, 2.24) is 14.9 Å². The van der Waals surface area contributed by atoms with Gasteiger partial charge in [-0.25, -0.2) is 13.8 Å². The van der Waals surface area contributed by atoms with Crippen molar-refractivity contribution in [3.05, 3.63) is 46.7 Å². The highest BCUT2D eigenvalue weighted by molar-refractivity contribution is 5.76. The van der Waals surface area contributed by atoms with E-state index in [2.05, 4.69) is 10.3 Å². The van der Waals surface area contributed by atoms with Gasteiger partial charge in [0.05, 0.1) is 25.1 Å². The summed E-state index contributed by atoms with van der Waals surface area (Å²) in [6, 6.07) is 2.17. The zero-order valence-electron chi connectivity index (χ0n) is 23.2. The van der Waals surface area contributed by atoms with E-state index in [4.69, 9.17) is 14.5 Å². The molecule has 0 amide bonds. The molecule has 0 aromatic carbocycles. The number of likely N-dealkylation sites (tertiary alicyclic amines) is 1. The van der Waals surface area contributed by atoms with E-state index in [0.29, 0.717) is 50.2 Å². The van der Waals surface area contributed by atoms with E-state index in [9.17, 15) is 14.3 Å². The summed E-state index contributed by atoms with van der Waals surface area (Å²) in [7, 11) is 1.68. The van der Waals surface area contributed by atoms with Crippen LogP contribution in [-0.2, 0) is 22.4 Å². The molecule has 0 saturated carbocycles. The van der Waals surface area contributed by atoms with E-state index < -0.39 is 24.0 Å². The number of ether oxygens (including phenoxy) is 2. The fourth-order valence-corrected chi connectivity index (χ4v) is 6.39. The van der Waals surface area contributed by atoms with Crippen molar-refractivity contribution in [3.8, 4) is 5.75 Å². The minimum Gasteiger partial charge on any atom is -0.496 e. The standard InChI is InChI=1S/C30H40F2N4O4/c1-39-26-16-21(35-29-22(26)8-6-12-33-29)7-2-3-9-24(32)19-11-13-36(18-19)28(30(37)38)23-15-20(31)17-34-27(23)25-10-4-5-14-40-25/h15-17,19,24-25,28H,2-14,18H2,1H3,(H,33,35)(H,37,38)/t19?,24-,25+,28+/m1/s1. The van der Waals surface area contributed by atoms with Crippen LogP contribution in [0.5, 0.6) is 5.75 Å². The molecule has 8 nitrogen and oxygen atoms in total. The van der Waals surface area contributed by atoms with Crippen molar-refractivity contribution in [3.63, 3.8) is 0 Å². The van der Waals surface area contributed by atoms with Crippen LogP contribution in [0.15, 0.2) is 18.3 Å². The second-order valence-electron chi connectivity index (χ2n) is 11.2. The number of hydrogen-bond donors (Lipinski definition) is 2. The van der Waals surface area contributed by atoms with Gasteiger partial charge in [-0.3, -0.25) is 14.7 Å². The molecular formula is C30H40F2N4O4. The van der Waals surface area contributed by atoms with Gasteiger partial charge in [0.1, 0.15) is 29.6 Å². The van der Waals surface area contributed by atoms with Gasteiger partial charge in [0.2, 0.25) is 0 Å². The lowest BCUT2D eigenvalue weighted by Crippen LogP contribution is -2.35. The number of unbranched alkanes of at least 4 members (excludes halogenated alkanes) is 1. The highest BCUT2D eigenvalue weighted by Gasteiger charge is 2.39. The van der Waals surface area contributed by atoms with Crippen LogP contribution in [0.4, 0.5) is 14.6 Å². The first-order valence-electron chi connectivity index (χ1n) is 14.6. The number of anilines is 1. The molecule has 0 radical (unpaired) electrons. The Morgan fingerprint density at radius 2 is 2.15 bits per heavy atom. The Hall–Kier alpha value is -2.85. The first-order chi connectivity index (χ1) is 19.4. The zero-order valence-corrected chi connectivity index (χ0v) is 23.2. The lowest BCUT2D eigenvalue weighted by molar-refractivity contribution is -0.143. The van der Waals surface area contributed by atoms with E-state index in [-0.39, 0.29) is 12.0 Å². The topological polar surface area (TPSA) is 96.8 Å². The quantitative estimate of drug-likeness (QED) is 0.353. The minimum atomic E-state index is -1.08. The number of aromatic nitrogens is 2. The van der Waals surface area contributed by atoms with Gasteiger partial charge in [-0.1, -0.05) is 6.42 Å². The van der Waals surface area contributed by atoms with E-state index in [1.54, 1.807) is 12.0 Å². The van der Waals surface area contributed by atoms with Crippen LogP contribution in [0.1, 0.15) is 86.0 Å². The Balaban J connectivity index is 1.17. The first kappa shape index (κ1) is 28.7. The smallest absolute Gasteiger partial charge is 0.325 e. The molecule has 40 heavy (non-hydrogen) atoms. The number of aryl methyl sites for hydroxylation is 1. The molecule has 2 aromatic rings. The summed E-state index contributed by atoms with van der Waals surface area (Å²) >= 11 is 0. The summed E-state index contributed by atoms with van der Waals surface area (Å²) in [5, 5.41) is 13.5. The fourth-order valence-electron chi connectivity index (χ4n) is 6.39. The molecule has 2 aromatic heterocycles. The largest absolute Gasteiger partial charge is 0.496 e. The molecule has 10 heteroatoms. The number of hydrogen-bond acceptors (Lipinski definition) is 7. The van der Waals surface area contributed by atoms with Crippen molar-refractivity contribution in [2.45, 2.75) is 82.5 Å². The second-order valence-corrected chi connectivity index (χ2v) is 11.2. The number of nitrogens with zero attached hydrogens (tertiary/aromatic N) is 3. The normalized spacial score (nSPS) is 22.8. The minimum absolute atomic E-state index is 0.260. The Kier molecular flexibility index (Phi) is 9.47. The van der Waals surface area contributed by atoms with Crippen molar-refractivity contribution >= 4 is 11.8 Å². The Morgan fingerprint density at radius 1 is 1.27 bits per heavy atom. The van der Waals surface area contributed by atoms with Crippen LogP contribution in [0.25, 0.3) is 0 Å². The van der Waals surface area contributed by atoms with Crippen molar-refractivity contribution in [2.24, 2.45) is 5.92 Å². The number of methoxy groups -OCH3 is 1.